The Balaban J connectivity index is 1.56. The van der Waals surface area contributed by atoms with Gasteiger partial charge in [-0.15, -0.1) is 0 Å². The Morgan fingerprint density at radius 3 is 2.57 bits per heavy atom. The van der Waals surface area contributed by atoms with Crippen LogP contribution in [0.1, 0.15) is 91.9 Å². The number of Topliss-reactive ketones (excluding diaryl/α,β-unsaturated/α-hetero) is 1. The Bertz CT molecular complexity index is 750. The second-order valence-corrected chi connectivity index (χ2v) is 11.6. The zero-order valence-corrected chi connectivity index (χ0v) is 18.4. The molecule has 2 nitrogen and oxygen atoms in total. The van der Waals surface area contributed by atoms with Crippen LogP contribution >= 0.6 is 0 Å². The van der Waals surface area contributed by atoms with Crippen molar-refractivity contribution in [3.8, 4) is 0 Å². The predicted molar refractivity (Wildman–Crippen MR) is 112 cm³/mol. The summed E-state index contributed by atoms with van der Waals surface area (Å²) in [6, 6.07) is 0. The lowest BCUT2D eigenvalue weighted by Gasteiger charge is -2.61. The lowest BCUT2D eigenvalue weighted by Crippen LogP contribution is -2.57. The highest BCUT2D eigenvalue weighted by Gasteiger charge is 2.70. The van der Waals surface area contributed by atoms with E-state index in [0.717, 1.165) is 31.1 Å². The van der Waals surface area contributed by atoms with Crippen molar-refractivity contribution in [3.63, 3.8) is 0 Å². The number of hydrogen-bond acceptors (Lipinski definition) is 2. The first kappa shape index (κ1) is 19.1. The molecule has 0 aliphatic heterocycles. The summed E-state index contributed by atoms with van der Waals surface area (Å²) in [5.41, 5.74) is 1.81. The zero-order valence-electron chi connectivity index (χ0n) is 18.4. The molecule has 0 aromatic carbocycles. The van der Waals surface area contributed by atoms with Crippen LogP contribution in [0.5, 0.6) is 0 Å². The van der Waals surface area contributed by atoms with E-state index < -0.39 is 0 Å². The van der Waals surface area contributed by atoms with E-state index in [4.69, 9.17) is 0 Å². The van der Waals surface area contributed by atoms with Gasteiger partial charge in [0, 0.05) is 11.8 Å². The van der Waals surface area contributed by atoms with Crippen LogP contribution in [0.3, 0.4) is 0 Å². The summed E-state index contributed by atoms with van der Waals surface area (Å²) in [6.45, 7) is 9.30. The number of hydrogen-bond donors (Lipinski definition) is 0. The average Bonchev–Trinajstić information content (AvgIpc) is 2.93. The molecule has 5 aliphatic carbocycles. The Morgan fingerprint density at radius 1 is 1.04 bits per heavy atom. The minimum absolute atomic E-state index is 0.0690. The van der Waals surface area contributed by atoms with E-state index in [9.17, 15) is 9.59 Å². The molecule has 4 saturated carbocycles. The van der Waals surface area contributed by atoms with Crippen LogP contribution in [0, 0.1) is 45.8 Å². The van der Waals surface area contributed by atoms with Gasteiger partial charge in [0.2, 0.25) is 0 Å². The number of rotatable bonds is 1. The maximum Gasteiger partial charge on any atom is 0.155 e. The SMILES string of the molecule is CC(=O)[C@@]12[C@H](CCC[C@@H]1C)C[C@H]1[C@@H]3CCC4=CC(=O)CC[C@]4(C)[C@H]3CC[C@@]12C. The molecular formula is C26H38O2. The molecule has 0 spiro atoms. The molecule has 0 bridgehead atoms. The van der Waals surface area contributed by atoms with E-state index in [0.29, 0.717) is 29.3 Å². The number of carbonyl (C=O) groups is 2. The molecule has 0 amide bonds. The van der Waals surface area contributed by atoms with Crippen LogP contribution in [-0.2, 0) is 9.59 Å². The van der Waals surface area contributed by atoms with E-state index in [2.05, 4.69) is 20.8 Å². The summed E-state index contributed by atoms with van der Waals surface area (Å²) < 4.78 is 0. The van der Waals surface area contributed by atoms with Gasteiger partial charge in [0.15, 0.2) is 5.78 Å². The summed E-state index contributed by atoms with van der Waals surface area (Å²) in [7, 11) is 0. The van der Waals surface area contributed by atoms with Gasteiger partial charge in [0.05, 0.1) is 0 Å². The van der Waals surface area contributed by atoms with Crippen molar-refractivity contribution in [1.82, 2.24) is 0 Å². The molecule has 2 heteroatoms. The van der Waals surface area contributed by atoms with Crippen molar-refractivity contribution in [1.29, 1.82) is 0 Å². The van der Waals surface area contributed by atoms with E-state index in [-0.39, 0.29) is 16.2 Å². The maximum atomic E-state index is 13.3. The smallest absolute Gasteiger partial charge is 0.155 e. The van der Waals surface area contributed by atoms with Gasteiger partial charge >= 0.3 is 0 Å². The minimum Gasteiger partial charge on any atom is -0.299 e. The molecule has 0 N–H and O–H groups in total. The molecule has 5 rings (SSSR count). The van der Waals surface area contributed by atoms with Gasteiger partial charge in [-0.1, -0.05) is 32.8 Å². The summed E-state index contributed by atoms with van der Waals surface area (Å²) in [5, 5.41) is 0. The largest absolute Gasteiger partial charge is 0.299 e. The third-order valence-corrected chi connectivity index (χ3v) is 11.0. The van der Waals surface area contributed by atoms with Crippen molar-refractivity contribution in [2.24, 2.45) is 45.8 Å². The van der Waals surface area contributed by atoms with E-state index in [1.54, 1.807) is 0 Å². The third kappa shape index (κ3) is 2.11. The Labute approximate surface area is 170 Å². The van der Waals surface area contributed by atoms with Gasteiger partial charge in [-0.05, 0) is 105 Å². The molecule has 0 aromatic rings. The molecule has 0 unspecified atom stereocenters. The highest BCUT2D eigenvalue weighted by atomic mass is 16.1. The Morgan fingerprint density at radius 2 is 1.82 bits per heavy atom. The monoisotopic (exact) mass is 382 g/mol. The molecule has 28 heavy (non-hydrogen) atoms. The van der Waals surface area contributed by atoms with Crippen LogP contribution in [0.2, 0.25) is 0 Å². The van der Waals surface area contributed by atoms with Gasteiger partial charge in [-0.2, -0.15) is 0 Å². The van der Waals surface area contributed by atoms with Crippen LogP contribution in [0.15, 0.2) is 11.6 Å². The van der Waals surface area contributed by atoms with Gasteiger partial charge < -0.3 is 0 Å². The van der Waals surface area contributed by atoms with E-state index >= 15 is 0 Å². The Kier molecular flexibility index (Phi) is 4.12. The van der Waals surface area contributed by atoms with Crippen molar-refractivity contribution in [2.45, 2.75) is 91.9 Å². The first-order chi connectivity index (χ1) is 13.2. The maximum absolute atomic E-state index is 13.3. The highest BCUT2D eigenvalue weighted by molar-refractivity contribution is 5.91. The normalized spacial score (nSPS) is 52.8. The Hall–Kier alpha value is -0.920. The van der Waals surface area contributed by atoms with Crippen LogP contribution < -0.4 is 0 Å². The first-order valence-corrected chi connectivity index (χ1v) is 12.0. The van der Waals surface area contributed by atoms with E-state index in [1.807, 2.05) is 13.0 Å². The molecule has 4 fully saturated rings. The van der Waals surface area contributed by atoms with Crippen LogP contribution in [-0.4, -0.2) is 11.6 Å². The average molecular weight is 383 g/mol. The van der Waals surface area contributed by atoms with Gasteiger partial charge in [0.1, 0.15) is 5.78 Å². The molecule has 0 saturated heterocycles. The fourth-order valence-corrected chi connectivity index (χ4v) is 10.0. The van der Waals surface area contributed by atoms with Gasteiger partial charge in [-0.3, -0.25) is 9.59 Å². The molecule has 0 aromatic heterocycles. The van der Waals surface area contributed by atoms with Crippen molar-refractivity contribution < 1.29 is 9.59 Å². The molecule has 5 aliphatic rings. The van der Waals surface area contributed by atoms with Crippen LogP contribution in [0.25, 0.3) is 0 Å². The minimum atomic E-state index is -0.0690. The zero-order chi connectivity index (χ0) is 19.9. The third-order valence-electron chi connectivity index (χ3n) is 11.0. The fourth-order valence-electron chi connectivity index (χ4n) is 10.0. The topological polar surface area (TPSA) is 34.1 Å². The molecule has 8 atom stereocenters. The summed E-state index contributed by atoms with van der Waals surface area (Å²) >= 11 is 0. The van der Waals surface area contributed by atoms with Crippen LogP contribution in [0.4, 0.5) is 0 Å². The van der Waals surface area contributed by atoms with Gasteiger partial charge in [0.25, 0.3) is 0 Å². The quantitative estimate of drug-likeness (QED) is 0.546. The van der Waals surface area contributed by atoms with E-state index in [1.165, 1.54) is 50.5 Å². The second-order valence-electron chi connectivity index (χ2n) is 11.6. The lowest BCUT2D eigenvalue weighted by molar-refractivity contribution is -0.156. The number of ketones is 2. The summed E-state index contributed by atoms with van der Waals surface area (Å²) in [5.74, 6) is 4.18. The van der Waals surface area contributed by atoms with Crippen molar-refractivity contribution in [2.75, 3.05) is 0 Å². The molecular weight excluding hydrogens is 344 g/mol. The van der Waals surface area contributed by atoms with Gasteiger partial charge in [-0.25, -0.2) is 0 Å². The number of allylic oxidation sites excluding steroid dienone is 1. The fraction of sp³-hybridized carbons (Fsp3) is 0.846. The summed E-state index contributed by atoms with van der Waals surface area (Å²) in [4.78, 5) is 25.4. The standard InChI is InChI=1S/C26H38O2/c1-16-6-5-7-19-15-23-21-9-8-18-14-20(28)10-12-24(18,3)22(21)11-13-25(23,4)26(16,19)17(2)27/h14,16,19,21-23H,5-13,15H2,1-4H3/t16-,19+,21+,22-,23-,24-,25-,26+/m0/s1. The highest BCUT2D eigenvalue weighted by Crippen LogP contribution is 2.75. The molecule has 0 heterocycles. The van der Waals surface area contributed by atoms with Crippen molar-refractivity contribution >= 4 is 11.6 Å². The number of carbonyl (C=O) groups excluding carboxylic acids is 2. The number of fused-ring (bicyclic) bond motifs is 7. The summed E-state index contributed by atoms with van der Waals surface area (Å²) in [6.07, 6.45) is 13.7. The lowest BCUT2D eigenvalue weighted by atomic mass is 9.42. The second kappa shape index (κ2) is 6.05. The predicted octanol–water partition coefficient (Wildman–Crippen LogP) is 6.14. The first-order valence-electron chi connectivity index (χ1n) is 12.0. The molecule has 0 radical (unpaired) electrons. The molecule has 154 valence electrons. The van der Waals surface area contributed by atoms with Crippen molar-refractivity contribution in [3.05, 3.63) is 11.6 Å².